The van der Waals surface area contributed by atoms with Crippen molar-refractivity contribution in [3.63, 3.8) is 0 Å². The summed E-state index contributed by atoms with van der Waals surface area (Å²) in [6.07, 6.45) is -8.35. The highest BCUT2D eigenvalue weighted by atomic mass is 19.4. The van der Waals surface area contributed by atoms with E-state index in [9.17, 15) is 26.3 Å². The van der Waals surface area contributed by atoms with Crippen LogP contribution in [-0.2, 0) is 13.0 Å². The van der Waals surface area contributed by atoms with Gasteiger partial charge in [0.15, 0.2) is 0 Å². The quantitative estimate of drug-likeness (QED) is 0.234. The lowest BCUT2D eigenvalue weighted by molar-refractivity contribution is -0.304. The summed E-state index contributed by atoms with van der Waals surface area (Å²) in [5.74, 6) is 1.16. The summed E-state index contributed by atoms with van der Waals surface area (Å²) >= 11 is 0. The van der Waals surface area contributed by atoms with Crippen LogP contribution in [0.2, 0.25) is 0 Å². The van der Waals surface area contributed by atoms with Crippen LogP contribution in [0.4, 0.5) is 26.3 Å². The highest BCUT2D eigenvalue weighted by Crippen LogP contribution is 2.41. The van der Waals surface area contributed by atoms with E-state index in [0.717, 1.165) is 50.7 Å². The van der Waals surface area contributed by atoms with Gasteiger partial charge >= 0.3 is 12.3 Å². The number of alkyl halides is 6. The lowest BCUT2D eigenvalue weighted by atomic mass is 9.76. The first-order valence-electron chi connectivity index (χ1n) is 13.2. The van der Waals surface area contributed by atoms with Gasteiger partial charge in [-0.3, -0.25) is 0 Å². The van der Waals surface area contributed by atoms with Crippen LogP contribution in [0.3, 0.4) is 0 Å². The summed E-state index contributed by atoms with van der Waals surface area (Å²) in [5.41, 5.74) is 4.68. The molecule has 0 spiro atoms. The number of hydrogen-bond acceptors (Lipinski definition) is 2. The highest BCUT2D eigenvalue weighted by molar-refractivity contribution is 5.32. The van der Waals surface area contributed by atoms with E-state index in [4.69, 9.17) is 4.74 Å². The van der Waals surface area contributed by atoms with Crippen LogP contribution in [-0.4, -0.2) is 18.5 Å². The molecule has 0 aromatic heterocycles. The average Bonchev–Trinajstić information content (AvgIpc) is 2.93. The Morgan fingerprint density at radius 1 is 0.692 bits per heavy atom. The van der Waals surface area contributed by atoms with Crippen molar-refractivity contribution in [1.29, 1.82) is 0 Å². The molecule has 1 atom stereocenters. The highest BCUT2D eigenvalue weighted by Gasteiger charge is 2.59. The van der Waals surface area contributed by atoms with Gasteiger partial charge in [0.05, 0.1) is 0 Å². The van der Waals surface area contributed by atoms with Gasteiger partial charge in [0, 0.05) is 0 Å². The zero-order valence-electron chi connectivity index (χ0n) is 21.7. The molecule has 0 N–H and O–H groups in total. The van der Waals surface area contributed by atoms with E-state index in [-0.39, 0.29) is 6.61 Å². The Morgan fingerprint density at radius 3 is 1.64 bits per heavy atom. The molecule has 0 saturated heterocycles. The number of benzene rings is 3. The smallest absolute Gasteiger partial charge is 0.439 e. The first-order chi connectivity index (χ1) is 18.5. The molecule has 0 radical (unpaired) electrons. The Balaban J connectivity index is 1.25. The van der Waals surface area contributed by atoms with Crippen LogP contribution >= 0.6 is 0 Å². The monoisotopic (exact) mass is 550 g/mol. The van der Waals surface area contributed by atoms with Crippen LogP contribution in [0, 0.1) is 0 Å². The van der Waals surface area contributed by atoms with Gasteiger partial charge in [-0.25, -0.2) is 4.39 Å². The van der Waals surface area contributed by atoms with Gasteiger partial charge in [-0.2, -0.15) is 22.0 Å². The molecule has 1 unspecified atom stereocenters. The molecule has 1 aliphatic carbocycles. The number of ether oxygens (including phenoxy) is 2. The minimum atomic E-state index is -5.73. The molecule has 1 saturated carbocycles. The maximum Gasteiger partial charge on any atom is 0.439 e. The molecule has 1 fully saturated rings. The Morgan fingerprint density at radius 2 is 1.15 bits per heavy atom. The molecule has 210 valence electrons. The maximum absolute atomic E-state index is 13.4. The summed E-state index contributed by atoms with van der Waals surface area (Å²) in [6.45, 7) is 2.31. The first-order valence-corrected chi connectivity index (χ1v) is 13.2. The fourth-order valence-electron chi connectivity index (χ4n) is 5.06. The van der Waals surface area contributed by atoms with Crippen LogP contribution < -0.4 is 9.47 Å². The molecule has 2 nitrogen and oxygen atoms in total. The van der Waals surface area contributed by atoms with Gasteiger partial charge < -0.3 is 9.47 Å². The van der Waals surface area contributed by atoms with Crippen molar-refractivity contribution in [3.05, 3.63) is 95.1 Å². The lowest BCUT2D eigenvalue weighted by Gasteiger charge is -2.29. The third-order valence-electron chi connectivity index (χ3n) is 7.23. The van der Waals surface area contributed by atoms with Crippen LogP contribution in [0.1, 0.15) is 73.1 Å². The molecule has 1 aliphatic rings. The van der Waals surface area contributed by atoms with Gasteiger partial charge in [0.2, 0.25) is 0 Å². The number of hydrogen-bond donors (Lipinski definition) is 0. The Bertz CT molecular complexity index is 1170. The van der Waals surface area contributed by atoms with Gasteiger partial charge in [-0.1, -0.05) is 61.9 Å². The van der Waals surface area contributed by atoms with Gasteiger partial charge in [-0.15, -0.1) is 0 Å². The molecule has 0 amide bonds. The molecule has 4 rings (SSSR count). The van der Waals surface area contributed by atoms with E-state index in [0.29, 0.717) is 23.1 Å². The Labute approximate surface area is 225 Å². The molecule has 39 heavy (non-hydrogen) atoms. The predicted octanol–water partition coefficient (Wildman–Crippen LogP) is 9.53. The molecule has 0 heterocycles. The lowest BCUT2D eigenvalue weighted by Crippen LogP contribution is -2.45. The van der Waals surface area contributed by atoms with Gasteiger partial charge in [0.25, 0.3) is 6.17 Å². The molecule has 0 aliphatic heterocycles. The normalized spacial score (nSPS) is 18.9. The van der Waals surface area contributed by atoms with Crippen molar-refractivity contribution in [2.45, 2.75) is 82.3 Å². The van der Waals surface area contributed by atoms with Crippen LogP contribution in [0.15, 0.2) is 72.8 Å². The van der Waals surface area contributed by atoms with Crippen LogP contribution in [0.25, 0.3) is 0 Å². The topological polar surface area (TPSA) is 18.5 Å². The summed E-state index contributed by atoms with van der Waals surface area (Å²) in [7, 11) is 0. The van der Waals surface area contributed by atoms with Crippen molar-refractivity contribution in [2.75, 3.05) is 0 Å². The van der Waals surface area contributed by atoms with E-state index in [2.05, 4.69) is 48.1 Å². The minimum absolute atomic E-state index is 0.118. The van der Waals surface area contributed by atoms with E-state index in [1.165, 1.54) is 28.8 Å². The average molecular weight is 551 g/mol. The summed E-state index contributed by atoms with van der Waals surface area (Å²) < 4.78 is 86.4. The number of halogens is 6. The van der Waals surface area contributed by atoms with E-state index < -0.39 is 24.2 Å². The fourth-order valence-corrected chi connectivity index (χ4v) is 5.06. The van der Waals surface area contributed by atoms with Crippen molar-refractivity contribution >= 4 is 0 Å². The predicted molar refractivity (Wildman–Crippen MR) is 138 cm³/mol. The summed E-state index contributed by atoms with van der Waals surface area (Å²) in [4.78, 5) is 0. The molecule has 3 aromatic carbocycles. The zero-order chi connectivity index (χ0) is 28.0. The largest absolute Gasteiger partial charge is 0.489 e. The second-order valence-corrected chi connectivity index (χ2v) is 10.1. The first kappa shape index (κ1) is 28.8. The van der Waals surface area contributed by atoms with Gasteiger partial charge in [0.1, 0.15) is 18.1 Å². The molecular formula is C31H32F6O2. The standard InChI is InChI=1S/C31H32F6O2/c1-2-3-21-4-8-23(9-5-21)24-10-12-25(13-11-24)26-14-18-27(19-15-26)38-20-22-6-16-28(17-7-22)39-31(36,37)29(32)30(33,34)35/h4-9,14-19,24-25,29H,2-3,10-13,20H2,1H3. The van der Waals surface area contributed by atoms with Gasteiger partial charge in [-0.05, 0) is 90.5 Å². The second-order valence-electron chi connectivity index (χ2n) is 10.1. The summed E-state index contributed by atoms with van der Waals surface area (Å²) in [5, 5.41) is 0. The molecule has 3 aromatic rings. The van der Waals surface area contributed by atoms with E-state index in [1.54, 1.807) is 0 Å². The van der Waals surface area contributed by atoms with Crippen molar-refractivity contribution < 1.29 is 35.8 Å². The van der Waals surface area contributed by atoms with Crippen molar-refractivity contribution in [2.24, 2.45) is 0 Å². The SMILES string of the molecule is CCCc1ccc(C2CCC(c3ccc(OCc4ccc(OC(F)(F)C(F)C(F)(F)F)cc4)cc3)CC2)cc1. The minimum Gasteiger partial charge on any atom is -0.489 e. The summed E-state index contributed by atoms with van der Waals surface area (Å²) in [6, 6.07) is 21.8. The maximum atomic E-state index is 13.4. The fraction of sp³-hybridized carbons (Fsp3) is 0.419. The Kier molecular flexibility index (Phi) is 9.13. The number of aryl methyl sites for hydroxylation is 1. The molecular weight excluding hydrogens is 518 g/mol. The van der Waals surface area contributed by atoms with E-state index in [1.807, 2.05) is 12.1 Å². The third kappa shape index (κ3) is 7.70. The zero-order valence-corrected chi connectivity index (χ0v) is 21.7. The van der Waals surface area contributed by atoms with Crippen molar-refractivity contribution in [3.8, 4) is 11.5 Å². The van der Waals surface area contributed by atoms with Crippen LogP contribution in [0.5, 0.6) is 11.5 Å². The second kappa shape index (κ2) is 12.3. The third-order valence-corrected chi connectivity index (χ3v) is 7.23. The molecule has 8 heteroatoms. The molecule has 0 bridgehead atoms. The number of rotatable bonds is 10. The Hall–Kier alpha value is -3.16. The van der Waals surface area contributed by atoms with E-state index >= 15 is 0 Å². The van der Waals surface area contributed by atoms with Crippen molar-refractivity contribution in [1.82, 2.24) is 0 Å².